The molecular weight excluding hydrogens is 356 g/mol. The number of alkyl halides is 11. The Morgan fingerprint density at radius 1 is 0.773 bits per heavy atom. The van der Waals surface area contributed by atoms with Crippen molar-refractivity contribution in [2.75, 3.05) is 6.86 Å². The van der Waals surface area contributed by atoms with E-state index in [-0.39, 0.29) is 0 Å². The Hall–Kier alpha value is -1.18. The molecule has 0 fully saturated rings. The summed E-state index contributed by atoms with van der Waals surface area (Å²) in [4.78, 5) is 0. The van der Waals surface area contributed by atoms with Crippen molar-refractivity contribution in [1.82, 2.24) is 0 Å². The third-order valence-corrected chi connectivity index (χ3v) is 1.93. The lowest BCUT2D eigenvalue weighted by atomic mass is 10.1. The first-order valence-corrected chi connectivity index (χ1v) is 4.60. The Morgan fingerprint density at radius 3 is 1.50 bits per heavy atom. The van der Waals surface area contributed by atoms with E-state index in [4.69, 9.17) is 0 Å². The minimum absolute atomic E-state index is 1.59. The van der Waals surface area contributed by atoms with Crippen LogP contribution in [0, 0.1) is 0 Å². The van der Waals surface area contributed by atoms with Gasteiger partial charge in [-0.05, 0) is 0 Å². The third-order valence-electron chi connectivity index (χ3n) is 1.93. The van der Waals surface area contributed by atoms with Crippen LogP contribution in [0.4, 0.5) is 52.7 Å². The summed E-state index contributed by atoms with van der Waals surface area (Å²) in [5, 5.41) is 0. The molecule has 22 heavy (non-hydrogen) atoms. The van der Waals surface area contributed by atoms with Crippen LogP contribution in [0.5, 0.6) is 0 Å². The van der Waals surface area contributed by atoms with Crippen molar-refractivity contribution in [2.24, 2.45) is 0 Å². The second-order valence-corrected chi connectivity index (χ2v) is 3.46. The van der Waals surface area contributed by atoms with Gasteiger partial charge in [-0.15, -0.1) is 0 Å². The molecule has 0 rings (SSSR count). The number of ether oxygens (including phenoxy) is 2. The van der Waals surface area contributed by atoms with Crippen molar-refractivity contribution in [3.05, 3.63) is 12.4 Å². The van der Waals surface area contributed by atoms with Crippen LogP contribution in [-0.4, -0.2) is 37.0 Å². The van der Waals surface area contributed by atoms with Crippen LogP contribution in [0.15, 0.2) is 12.4 Å². The van der Waals surface area contributed by atoms with E-state index in [0.717, 1.165) is 0 Å². The maximum Gasteiger partial charge on any atom is 0.453 e. The van der Waals surface area contributed by atoms with E-state index in [0.29, 0.717) is 0 Å². The van der Waals surface area contributed by atoms with Crippen molar-refractivity contribution in [3.63, 3.8) is 0 Å². The van der Waals surface area contributed by atoms with Crippen molar-refractivity contribution in [3.8, 4) is 0 Å². The molecule has 0 N–H and O–H groups in total. The summed E-state index contributed by atoms with van der Waals surface area (Å²) in [5.74, 6) is -16.9. The quantitative estimate of drug-likeness (QED) is 0.595. The SMILES string of the molecule is C=C(F)C(F)(F)C(F)(F)C(F)(F)OC(F)(F)C(F)(F)OCF. The summed E-state index contributed by atoms with van der Waals surface area (Å²) in [7, 11) is 0. The maximum atomic E-state index is 12.7. The van der Waals surface area contributed by atoms with E-state index in [1.54, 1.807) is 11.3 Å². The van der Waals surface area contributed by atoms with Crippen molar-refractivity contribution >= 4 is 0 Å². The van der Waals surface area contributed by atoms with Crippen LogP contribution in [0.25, 0.3) is 0 Å². The monoisotopic (exact) mass is 360 g/mol. The predicted molar refractivity (Wildman–Crippen MR) is 43.1 cm³/mol. The minimum Gasteiger partial charge on any atom is -0.281 e. The lowest BCUT2D eigenvalue weighted by Crippen LogP contribution is -2.60. The fraction of sp³-hybridized carbons (Fsp3) is 0.750. The van der Waals surface area contributed by atoms with Crippen LogP contribution >= 0.6 is 0 Å². The number of hydrogen-bond acceptors (Lipinski definition) is 2. The Balaban J connectivity index is 5.63. The molecule has 0 aromatic heterocycles. The highest BCUT2D eigenvalue weighted by molar-refractivity contribution is 5.09. The Labute approximate surface area is 113 Å². The van der Waals surface area contributed by atoms with Gasteiger partial charge in [0.2, 0.25) is 0 Å². The van der Waals surface area contributed by atoms with Gasteiger partial charge < -0.3 is 0 Å². The second kappa shape index (κ2) is 5.79. The molecular formula is C8H4F12O2. The summed E-state index contributed by atoms with van der Waals surface area (Å²) in [6.07, 6.45) is -19.9. The first-order valence-electron chi connectivity index (χ1n) is 4.60. The molecule has 0 atom stereocenters. The van der Waals surface area contributed by atoms with Gasteiger partial charge in [0.25, 0.3) is 0 Å². The fourth-order valence-electron chi connectivity index (χ4n) is 0.790. The molecule has 0 saturated carbocycles. The van der Waals surface area contributed by atoms with Crippen LogP contribution < -0.4 is 0 Å². The van der Waals surface area contributed by atoms with Gasteiger partial charge in [0.15, 0.2) is 12.7 Å². The molecule has 0 saturated heterocycles. The van der Waals surface area contributed by atoms with Crippen LogP contribution in [0.3, 0.4) is 0 Å². The Kier molecular flexibility index (Phi) is 5.48. The molecule has 0 spiro atoms. The van der Waals surface area contributed by atoms with Gasteiger partial charge in [-0.3, -0.25) is 4.74 Å². The number of hydrogen-bond donors (Lipinski definition) is 0. The smallest absolute Gasteiger partial charge is 0.281 e. The maximum absolute atomic E-state index is 12.7. The van der Waals surface area contributed by atoms with Crippen LogP contribution in [0.1, 0.15) is 0 Å². The molecule has 2 nitrogen and oxygen atoms in total. The Bertz CT molecular complexity index is 417. The van der Waals surface area contributed by atoms with Crippen LogP contribution in [0.2, 0.25) is 0 Å². The lowest BCUT2D eigenvalue weighted by Gasteiger charge is -2.34. The predicted octanol–water partition coefficient (Wildman–Crippen LogP) is 4.48. The van der Waals surface area contributed by atoms with Crippen LogP contribution in [-0.2, 0) is 9.47 Å². The zero-order valence-corrected chi connectivity index (χ0v) is 9.77. The highest BCUT2D eigenvalue weighted by atomic mass is 19.4. The normalized spacial score (nSPS) is 15.1. The van der Waals surface area contributed by atoms with Gasteiger partial charge in [-0.25, -0.2) is 13.5 Å². The molecule has 0 aromatic carbocycles. The lowest BCUT2D eigenvalue weighted by molar-refractivity contribution is -0.516. The molecule has 132 valence electrons. The second-order valence-electron chi connectivity index (χ2n) is 3.46. The van der Waals surface area contributed by atoms with Gasteiger partial charge in [-0.1, -0.05) is 6.58 Å². The molecule has 0 unspecified atom stereocenters. The summed E-state index contributed by atoms with van der Waals surface area (Å²) < 4.78 is 153. The summed E-state index contributed by atoms with van der Waals surface area (Å²) in [6, 6.07) is 0. The van der Waals surface area contributed by atoms with Gasteiger partial charge in [-0.2, -0.15) is 43.9 Å². The third kappa shape index (κ3) is 3.42. The van der Waals surface area contributed by atoms with Gasteiger partial charge in [0, 0.05) is 0 Å². The van der Waals surface area contributed by atoms with Crippen molar-refractivity contribution in [2.45, 2.75) is 30.2 Å². The topological polar surface area (TPSA) is 18.5 Å². The number of halogens is 12. The highest BCUT2D eigenvalue weighted by Crippen LogP contribution is 2.52. The van der Waals surface area contributed by atoms with E-state index in [1.807, 2.05) is 0 Å². The van der Waals surface area contributed by atoms with E-state index < -0.39 is 42.9 Å². The average Bonchev–Trinajstić information content (AvgIpc) is 2.26. The zero-order chi connectivity index (χ0) is 18.2. The molecule has 0 heterocycles. The standard InChI is InChI=1S/C8H4F12O2/c1-3(10)4(11,12)5(13,14)6(15,16)22-8(19,20)7(17,18)21-2-9/h1-2H2. The summed E-state index contributed by atoms with van der Waals surface area (Å²) in [6.45, 7) is -1.10. The molecule has 0 aromatic rings. The van der Waals surface area contributed by atoms with E-state index >= 15 is 0 Å². The average molecular weight is 360 g/mol. The number of allylic oxidation sites excluding steroid dienone is 1. The van der Waals surface area contributed by atoms with Crippen molar-refractivity contribution < 1.29 is 62.2 Å². The minimum atomic E-state index is -7.04. The molecule has 0 amide bonds. The largest absolute Gasteiger partial charge is 0.453 e. The summed E-state index contributed by atoms with van der Waals surface area (Å²) in [5.41, 5.74) is 0. The molecule has 0 aliphatic heterocycles. The Morgan fingerprint density at radius 2 is 1.18 bits per heavy atom. The highest BCUT2D eigenvalue weighted by Gasteiger charge is 2.78. The number of rotatable bonds is 8. The first-order chi connectivity index (χ1) is 9.46. The van der Waals surface area contributed by atoms with Gasteiger partial charge >= 0.3 is 30.2 Å². The first kappa shape index (κ1) is 20.8. The van der Waals surface area contributed by atoms with Gasteiger partial charge in [0.1, 0.15) is 0 Å². The van der Waals surface area contributed by atoms with Crippen molar-refractivity contribution in [1.29, 1.82) is 0 Å². The molecule has 0 bridgehead atoms. The molecule has 0 aliphatic rings. The van der Waals surface area contributed by atoms with E-state index in [9.17, 15) is 52.7 Å². The zero-order valence-electron chi connectivity index (χ0n) is 9.77. The summed E-state index contributed by atoms with van der Waals surface area (Å²) >= 11 is 0. The van der Waals surface area contributed by atoms with E-state index in [1.165, 1.54) is 0 Å². The van der Waals surface area contributed by atoms with Gasteiger partial charge in [0.05, 0.1) is 0 Å². The molecule has 0 aliphatic carbocycles. The van der Waals surface area contributed by atoms with E-state index in [2.05, 4.69) is 4.74 Å². The fourth-order valence-corrected chi connectivity index (χ4v) is 0.790. The molecule has 0 radical (unpaired) electrons. The molecule has 14 heteroatoms.